The van der Waals surface area contributed by atoms with Crippen LogP contribution in [0.3, 0.4) is 0 Å². The van der Waals surface area contributed by atoms with E-state index >= 15 is 0 Å². The molecule has 8 rings (SSSR count). The average Bonchev–Trinajstić information content (AvgIpc) is 3.74. The maximum atomic E-state index is 5.98. The van der Waals surface area contributed by atoms with E-state index in [2.05, 4.69) is 78.9 Å². The van der Waals surface area contributed by atoms with Gasteiger partial charge in [0.2, 0.25) is 0 Å². The summed E-state index contributed by atoms with van der Waals surface area (Å²) in [4.78, 5) is 0. The molecule has 0 spiro atoms. The SMILES string of the molecule is Clc1cccc([C](=[Hf+2])c2cccc(Cl)c2)c1.[Cl-].[Cl-].[c-]1cccc2c1c1c(c3ccccc32)-c2ccccc2C1.c1cc[cH-]c1. The molecular formula is C39H26Cl4Hf-2. The zero-order valence-electron chi connectivity index (χ0n) is 23.6. The van der Waals surface area contributed by atoms with Crippen molar-refractivity contribution in [1.29, 1.82) is 0 Å². The Bertz CT molecular complexity index is 1950. The van der Waals surface area contributed by atoms with Crippen LogP contribution in [0.25, 0.3) is 32.7 Å². The Hall–Kier alpha value is -2.91. The molecule has 0 bridgehead atoms. The Morgan fingerprint density at radius 1 is 0.636 bits per heavy atom. The first-order chi connectivity index (χ1) is 20.6. The molecule has 1 aliphatic carbocycles. The first-order valence-electron chi connectivity index (χ1n) is 13.8. The number of hydrogen-bond acceptors (Lipinski definition) is 0. The van der Waals surface area contributed by atoms with Gasteiger partial charge in [-0.2, -0.15) is 18.2 Å². The average molecular weight is 815 g/mol. The monoisotopic (exact) mass is 814 g/mol. The molecule has 0 radical (unpaired) electrons. The largest absolute Gasteiger partial charge is 1.00 e. The van der Waals surface area contributed by atoms with Crippen LogP contribution >= 0.6 is 23.2 Å². The number of fused-ring (bicyclic) bond motifs is 8. The van der Waals surface area contributed by atoms with Crippen molar-refractivity contribution in [3.63, 3.8) is 0 Å². The number of halogens is 4. The van der Waals surface area contributed by atoms with E-state index < -0.39 is 0 Å². The van der Waals surface area contributed by atoms with Gasteiger partial charge in [-0.05, 0) is 28.5 Å². The minimum Gasteiger partial charge on any atom is -1.00 e. The molecule has 0 saturated heterocycles. The molecular weight excluding hydrogens is 789 g/mol. The van der Waals surface area contributed by atoms with Crippen LogP contribution in [0, 0.1) is 6.07 Å². The molecule has 0 heterocycles. The first kappa shape index (κ1) is 34.0. The van der Waals surface area contributed by atoms with E-state index in [0.717, 1.165) is 40.4 Å². The van der Waals surface area contributed by atoms with Crippen molar-refractivity contribution in [2.75, 3.05) is 0 Å². The fourth-order valence-corrected chi connectivity index (χ4v) is 7.00. The Labute approximate surface area is 295 Å². The minimum atomic E-state index is 0. The molecule has 216 valence electrons. The summed E-state index contributed by atoms with van der Waals surface area (Å²) in [6.45, 7) is 0. The van der Waals surface area contributed by atoms with E-state index in [9.17, 15) is 0 Å². The van der Waals surface area contributed by atoms with Gasteiger partial charge in [-0.15, -0.1) is 40.6 Å². The van der Waals surface area contributed by atoms with E-state index in [1.165, 1.54) is 58.2 Å². The van der Waals surface area contributed by atoms with Gasteiger partial charge < -0.3 is 24.8 Å². The molecule has 7 aromatic rings. The molecule has 0 aromatic heterocycles. The molecule has 7 aromatic carbocycles. The molecule has 0 atom stereocenters. The smallest absolute Gasteiger partial charge is 0.0240 e. The molecule has 1 aliphatic rings. The summed E-state index contributed by atoms with van der Waals surface area (Å²) in [6.07, 6.45) is 1.02. The molecule has 5 heteroatoms. The topological polar surface area (TPSA) is 0 Å². The zero-order valence-corrected chi connectivity index (χ0v) is 30.2. The third-order valence-corrected chi connectivity index (χ3v) is 9.93. The summed E-state index contributed by atoms with van der Waals surface area (Å²) >= 11 is 12.9. The maximum absolute atomic E-state index is 5.98. The van der Waals surface area contributed by atoms with Crippen molar-refractivity contribution in [2.24, 2.45) is 0 Å². The standard InChI is InChI=1S/C21H13.C13H8Cl2.C5H5.2ClH.Hf/c1-2-8-15-14(7-1)13-20-18-11-4-3-9-16(18)17-10-5-6-12-19(17)21(15)20;14-12-5-1-3-10(8-12)7-11-4-2-6-13(15)9-11;1-2-4-5-3-1;;;/h1-10,12H,13H2;1-6,8-9H;1-5H;2*1H;/q-1;;-1;;;+2/p-2. The predicted molar refractivity (Wildman–Crippen MR) is 177 cm³/mol. The molecule has 0 nitrogen and oxygen atoms in total. The van der Waals surface area contributed by atoms with Crippen LogP contribution in [0.1, 0.15) is 22.3 Å². The van der Waals surface area contributed by atoms with Gasteiger partial charge in [0.25, 0.3) is 0 Å². The third-order valence-electron chi connectivity index (χ3n) is 7.38. The molecule has 0 fully saturated rings. The van der Waals surface area contributed by atoms with E-state index in [4.69, 9.17) is 23.2 Å². The van der Waals surface area contributed by atoms with Gasteiger partial charge in [0, 0.05) is 0 Å². The molecule has 0 saturated carbocycles. The van der Waals surface area contributed by atoms with Gasteiger partial charge in [0.1, 0.15) is 0 Å². The van der Waals surface area contributed by atoms with E-state index in [1.807, 2.05) is 72.8 Å². The Morgan fingerprint density at radius 2 is 1.23 bits per heavy atom. The van der Waals surface area contributed by atoms with Gasteiger partial charge in [-0.1, -0.05) is 53.9 Å². The van der Waals surface area contributed by atoms with Gasteiger partial charge >= 0.3 is 120 Å². The molecule has 0 amide bonds. The molecule has 44 heavy (non-hydrogen) atoms. The van der Waals surface area contributed by atoms with Crippen molar-refractivity contribution in [1.82, 2.24) is 0 Å². The van der Waals surface area contributed by atoms with E-state index in [-0.39, 0.29) is 24.8 Å². The quantitative estimate of drug-likeness (QED) is 0.133. The number of hydrogen-bond donors (Lipinski definition) is 0. The molecule has 0 N–H and O–H groups in total. The van der Waals surface area contributed by atoms with Crippen molar-refractivity contribution < 1.29 is 48.7 Å². The van der Waals surface area contributed by atoms with Crippen molar-refractivity contribution in [2.45, 2.75) is 6.42 Å². The summed E-state index contributed by atoms with van der Waals surface area (Å²) in [6, 6.07) is 53.2. The van der Waals surface area contributed by atoms with Crippen LogP contribution in [0.4, 0.5) is 0 Å². The summed E-state index contributed by atoms with van der Waals surface area (Å²) < 4.78 is 1.31. The predicted octanol–water partition coefficient (Wildman–Crippen LogP) is 4.89. The third kappa shape index (κ3) is 7.48. The number of benzene rings is 6. The van der Waals surface area contributed by atoms with E-state index in [1.54, 1.807) is 0 Å². The van der Waals surface area contributed by atoms with Crippen LogP contribution < -0.4 is 24.8 Å². The maximum Gasteiger partial charge on any atom is -0.0240 e. The molecule has 0 aliphatic heterocycles. The second-order valence-corrected chi connectivity index (χ2v) is 12.7. The molecule has 0 unspecified atom stereocenters. The fraction of sp³-hybridized carbons (Fsp3) is 0.0256. The van der Waals surface area contributed by atoms with Crippen LogP contribution in [-0.2, 0) is 30.3 Å². The second-order valence-electron chi connectivity index (χ2n) is 10.0. The van der Waals surface area contributed by atoms with Crippen molar-refractivity contribution in [3.8, 4) is 11.1 Å². The van der Waals surface area contributed by atoms with Gasteiger partial charge in [0.05, 0.1) is 0 Å². The van der Waals surface area contributed by atoms with Crippen molar-refractivity contribution in [3.05, 3.63) is 184 Å². The fourth-order valence-electron chi connectivity index (χ4n) is 5.50. The summed E-state index contributed by atoms with van der Waals surface area (Å²) in [5, 5.41) is 6.84. The summed E-state index contributed by atoms with van der Waals surface area (Å²) in [7, 11) is 0. The van der Waals surface area contributed by atoms with E-state index in [0.29, 0.717) is 0 Å². The van der Waals surface area contributed by atoms with Crippen molar-refractivity contribution >= 4 is 48.0 Å². The minimum absolute atomic E-state index is 0. The number of rotatable bonds is 2. The normalized spacial score (nSPS) is 10.6. The van der Waals surface area contributed by atoms with Gasteiger partial charge in [-0.25, -0.2) is 12.1 Å². The Morgan fingerprint density at radius 3 is 1.84 bits per heavy atom. The Kier molecular flexibility index (Phi) is 12.3. The van der Waals surface area contributed by atoms with Gasteiger partial charge in [-0.3, -0.25) is 0 Å². The first-order valence-corrected chi connectivity index (χ1v) is 16.3. The summed E-state index contributed by atoms with van der Waals surface area (Å²) in [5.74, 6) is 0. The van der Waals surface area contributed by atoms with Crippen LogP contribution in [0.5, 0.6) is 0 Å². The van der Waals surface area contributed by atoms with Crippen LogP contribution in [0.15, 0.2) is 146 Å². The Balaban J connectivity index is 0.000000171. The second kappa shape index (κ2) is 15.9. The zero-order chi connectivity index (χ0) is 28.9. The summed E-state index contributed by atoms with van der Waals surface area (Å²) in [5.41, 5.74) is 8.04. The van der Waals surface area contributed by atoms with Gasteiger partial charge in [0.15, 0.2) is 0 Å². The van der Waals surface area contributed by atoms with Crippen LogP contribution in [0.2, 0.25) is 10.0 Å². The van der Waals surface area contributed by atoms with Crippen LogP contribution in [-0.4, -0.2) is 3.26 Å².